The van der Waals surface area contributed by atoms with Gasteiger partial charge in [0.2, 0.25) is 5.56 Å². The molecule has 0 saturated heterocycles. The first-order chi connectivity index (χ1) is 15.2. The van der Waals surface area contributed by atoms with E-state index in [1.807, 2.05) is 19.9 Å². The lowest BCUT2D eigenvalue weighted by atomic mass is 9.88. The molecule has 6 nitrogen and oxygen atoms in total. The summed E-state index contributed by atoms with van der Waals surface area (Å²) < 4.78 is 35.7. The van der Waals surface area contributed by atoms with Crippen molar-refractivity contribution >= 4 is 5.78 Å². The third-order valence-corrected chi connectivity index (χ3v) is 6.22. The molecule has 3 heterocycles. The molecule has 166 valence electrons. The summed E-state index contributed by atoms with van der Waals surface area (Å²) in [6, 6.07) is 9.56. The SMILES string of the molecule is Cc1cc(CC(=O)C2(c3ccc4c(c3)OC(F)(F)O4)CC2)nc(-c2ccc(=O)[nH]c2)c1C.[HH]. The van der Waals surface area contributed by atoms with Crippen LogP contribution in [-0.2, 0) is 16.6 Å². The van der Waals surface area contributed by atoms with Gasteiger partial charge < -0.3 is 14.5 Å². The number of Topliss-reactive ketones (excluding diaryl/α,β-unsaturated/α-hetero) is 1. The van der Waals surface area contributed by atoms with E-state index in [0.717, 1.165) is 16.7 Å². The highest BCUT2D eigenvalue weighted by Gasteiger charge is 2.52. The van der Waals surface area contributed by atoms with Gasteiger partial charge in [-0.3, -0.25) is 14.6 Å². The minimum Gasteiger partial charge on any atom is -0.395 e. The number of pyridine rings is 2. The van der Waals surface area contributed by atoms with Crippen molar-refractivity contribution in [3.63, 3.8) is 0 Å². The predicted molar refractivity (Wildman–Crippen MR) is 114 cm³/mol. The second-order valence-corrected chi connectivity index (χ2v) is 8.36. The van der Waals surface area contributed by atoms with Crippen molar-refractivity contribution in [2.75, 3.05) is 0 Å². The van der Waals surface area contributed by atoms with E-state index in [0.29, 0.717) is 29.8 Å². The number of aromatic amines is 1. The summed E-state index contributed by atoms with van der Waals surface area (Å²) in [5.74, 6) is -0.120. The number of H-pyrrole nitrogens is 1. The summed E-state index contributed by atoms with van der Waals surface area (Å²) in [6.07, 6.45) is -0.697. The van der Waals surface area contributed by atoms with Gasteiger partial charge in [-0.1, -0.05) is 6.07 Å². The van der Waals surface area contributed by atoms with Crippen LogP contribution < -0.4 is 15.0 Å². The summed E-state index contributed by atoms with van der Waals surface area (Å²) in [5, 5.41) is 0. The number of benzene rings is 1. The number of ether oxygens (including phenoxy) is 2. The number of rotatable bonds is 5. The molecule has 0 spiro atoms. The van der Waals surface area contributed by atoms with Crippen molar-refractivity contribution in [2.45, 2.75) is 44.8 Å². The molecule has 1 fully saturated rings. The van der Waals surface area contributed by atoms with Gasteiger partial charge in [0, 0.05) is 31.4 Å². The molecule has 1 aliphatic heterocycles. The maximum atomic E-state index is 13.4. The fourth-order valence-electron chi connectivity index (χ4n) is 4.17. The molecule has 2 aliphatic rings. The lowest BCUT2D eigenvalue weighted by Crippen LogP contribution is -2.26. The summed E-state index contributed by atoms with van der Waals surface area (Å²) in [7, 11) is 0. The molecule has 2 aromatic heterocycles. The van der Waals surface area contributed by atoms with E-state index in [-0.39, 0.29) is 30.7 Å². The normalized spacial score (nSPS) is 17.2. The predicted octanol–water partition coefficient (Wildman–Crippen LogP) is 4.46. The summed E-state index contributed by atoms with van der Waals surface area (Å²) in [4.78, 5) is 32.0. The Morgan fingerprint density at radius 2 is 1.88 bits per heavy atom. The summed E-state index contributed by atoms with van der Waals surface area (Å²) in [6.45, 7) is 3.89. The number of halogens is 2. The minimum absolute atomic E-state index is 0. The quantitative estimate of drug-likeness (QED) is 0.633. The van der Waals surface area contributed by atoms with Gasteiger partial charge in [-0.2, -0.15) is 0 Å². The maximum Gasteiger partial charge on any atom is 0.586 e. The summed E-state index contributed by atoms with van der Waals surface area (Å²) >= 11 is 0. The number of alkyl halides is 2. The lowest BCUT2D eigenvalue weighted by Gasteiger charge is -2.16. The van der Waals surface area contributed by atoms with E-state index in [1.54, 1.807) is 18.3 Å². The zero-order chi connectivity index (χ0) is 22.7. The molecule has 0 amide bonds. The van der Waals surface area contributed by atoms with Gasteiger partial charge in [0.15, 0.2) is 11.5 Å². The first kappa shape index (κ1) is 20.4. The monoisotopic (exact) mass is 440 g/mol. The number of carbonyl (C=O) groups excluding carboxylic acids is 1. The van der Waals surface area contributed by atoms with E-state index in [4.69, 9.17) is 4.98 Å². The molecule has 1 saturated carbocycles. The van der Waals surface area contributed by atoms with Crippen LogP contribution in [-0.4, -0.2) is 22.0 Å². The van der Waals surface area contributed by atoms with Gasteiger partial charge in [0.05, 0.1) is 11.1 Å². The van der Waals surface area contributed by atoms with Gasteiger partial charge in [0.25, 0.3) is 0 Å². The largest absolute Gasteiger partial charge is 0.586 e. The van der Waals surface area contributed by atoms with Crippen LogP contribution in [0.3, 0.4) is 0 Å². The summed E-state index contributed by atoms with van der Waals surface area (Å²) in [5.41, 5.74) is 3.76. The molecule has 0 bridgehead atoms. The van der Waals surface area contributed by atoms with E-state index in [2.05, 4.69) is 14.5 Å². The number of hydrogen-bond donors (Lipinski definition) is 1. The van der Waals surface area contributed by atoms with Crippen LogP contribution in [0.1, 0.15) is 36.7 Å². The van der Waals surface area contributed by atoms with Crippen molar-refractivity contribution < 1.29 is 24.5 Å². The smallest absolute Gasteiger partial charge is 0.395 e. The van der Waals surface area contributed by atoms with Gasteiger partial charge in [-0.05, 0) is 67.6 Å². The number of hydrogen-bond acceptors (Lipinski definition) is 5. The van der Waals surface area contributed by atoms with E-state index in [9.17, 15) is 18.4 Å². The average Bonchev–Trinajstić information content (AvgIpc) is 3.48. The second-order valence-electron chi connectivity index (χ2n) is 8.36. The highest BCUT2D eigenvalue weighted by molar-refractivity contribution is 5.94. The van der Waals surface area contributed by atoms with Gasteiger partial charge in [-0.25, -0.2) is 0 Å². The van der Waals surface area contributed by atoms with Crippen molar-refractivity contribution in [1.82, 2.24) is 9.97 Å². The third-order valence-electron chi connectivity index (χ3n) is 6.22. The molecular formula is C24H22F2N2O4. The number of nitrogens with one attached hydrogen (secondary N) is 1. The zero-order valence-corrected chi connectivity index (χ0v) is 17.5. The highest BCUT2D eigenvalue weighted by atomic mass is 19.3. The Kier molecular flexibility index (Phi) is 4.44. The number of fused-ring (bicyclic) bond motifs is 1. The Morgan fingerprint density at radius 3 is 2.56 bits per heavy atom. The number of aromatic nitrogens is 2. The number of ketones is 1. The average molecular weight is 440 g/mol. The van der Waals surface area contributed by atoms with Crippen LogP contribution in [0.15, 0.2) is 47.4 Å². The topological polar surface area (TPSA) is 81.3 Å². The fraction of sp³-hybridized carbons (Fsp3) is 0.292. The Morgan fingerprint density at radius 1 is 1.12 bits per heavy atom. The molecule has 0 unspecified atom stereocenters. The van der Waals surface area contributed by atoms with Gasteiger partial charge >= 0.3 is 6.29 Å². The van der Waals surface area contributed by atoms with Crippen LogP contribution in [0.25, 0.3) is 11.3 Å². The standard InChI is InChI=1S/C24H20F2N2O4.H2/c1-13-9-17(28-22(14(13)2)15-3-6-21(30)27-12-15)11-20(29)23(7-8-23)16-4-5-18-19(10-16)32-24(25,26)31-18;/h3-6,9-10,12H,7-8,11H2,1-2H3,(H,27,30);1H. The van der Waals surface area contributed by atoms with Crippen molar-refractivity contribution in [2.24, 2.45) is 0 Å². The number of aryl methyl sites for hydroxylation is 1. The molecular weight excluding hydrogens is 418 g/mol. The van der Waals surface area contributed by atoms with Crippen LogP contribution in [0.5, 0.6) is 11.5 Å². The Bertz CT molecular complexity index is 1300. The Hall–Kier alpha value is -3.55. The first-order valence-electron chi connectivity index (χ1n) is 10.3. The zero-order valence-electron chi connectivity index (χ0n) is 17.5. The minimum atomic E-state index is -3.69. The second kappa shape index (κ2) is 6.98. The maximum absolute atomic E-state index is 13.4. The first-order valence-corrected chi connectivity index (χ1v) is 10.3. The molecule has 0 radical (unpaired) electrons. The van der Waals surface area contributed by atoms with E-state index < -0.39 is 11.7 Å². The molecule has 5 rings (SSSR count). The van der Waals surface area contributed by atoms with Crippen LogP contribution in [0.4, 0.5) is 8.78 Å². The number of nitrogens with zero attached hydrogens (tertiary/aromatic N) is 1. The molecule has 8 heteroatoms. The van der Waals surface area contributed by atoms with Crippen LogP contribution >= 0.6 is 0 Å². The molecule has 3 aromatic rings. The van der Waals surface area contributed by atoms with E-state index >= 15 is 0 Å². The molecule has 1 aliphatic carbocycles. The van der Waals surface area contributed by atoms with Crippen molar-refractivity contribution in [1.29, 1.82) is 0 Å². The van der Waals surface area contributed by atoms with E-state index in [1.165, 1.54) is 18.2 Å². The highest BCUT2D eigenvalue weighted by Crippen LogP contribution is 2.52. The van der Waals surface area contributed by atoms with Crippen molar-refractivity contribution in [3.8, 4) is 22.8 Å². The van der Waals surface area contributed by atoms with Crippen LogP contribution in [0.2, 0.25) is 0 Å². The fourth-order valence-corrected chi connectivity index (χ4v) is 4.17. The Labute approximate surface area is 183 Å². The van der Waals surface area contributed by atoms with Crippen molar-refractivity contribution in [3.05, 3.63) is 75.3 Å². The molecule has 0 atom stereocenters. The van der Waals surface area contributed by atoms with Gasteiger partial charge in [0.1, 0.15) is 5.78 Å². The molecule has 32 heavy (non-hydrogen) atoms. The van der Waals surface area contributed by atoms with Crippen LogP contribution in [0, 0.1) is 13.8 Å². The number of carbonyl (C=O) groups is 1. The Balaban J connectivity index is 0.00000259. The molecule has 1 aromatic carbocycles. The third kappa shape index (κ3) is 3.45. The lowest BCUT2D eigenvalue weighted by molar-refractivity contribution is -0.286. The van der Waals surface area contributed by atoms with Gasteiger partial charge in [-0.15, -0.1) is 8.78 Å². The molecule has 1 N–H and O–H groups in total.